The lowest BCUT2D eigenvalue weighted by molar-refractivity contribution is -0.122. The zero-order chi connectivity index (χ0) is 13.7. The van der Waals surface area contributed by atoms with Gasteiger partial charge in [0.05, 0.1) is 5.92 Å². The van der Waals surface area contributed by atoms with Crippen LogP contribution >= 0.6 is 23.4 Å². The van der Waals surface area contributed by atoms with Gasteiger partial charge in [0.15, 0.2) is 0 Å². The van der Waals surface area contributed by atoms with Crippen LogP contribution in [0.5, 0.6) is 0 Å². The fourth-order valence-electron chi connectivity index (χ4n) is 2.24. The highest BCUT2D eigenvalue weighted by atomic mass is 35.5. The Bertz CT molecular complexity index is 438. The molecule has 0 spiro atoms. The number of benzene rings is 1. The van der Waals surface area contributed by atoms with E-state index in [1.165, 1.54) is 10.5 Å². The standard InChI is InChI=1S/C15H20ClNOS/c1-11(9-16)5-4-8-17-15(18)13-10-19-14-7-3-2-6-12(13)14/h2-3,6-7,11,13H,4-5,8-10H2,1H3,(H,17,18). The summed E-state index contributed by atoms with van der Waals surface area (Å²) in [6.45, 7) is 2.89. The molecule has 1 heterocycles. The average Bonchev–Trinajstić information content (AvgIpc) is 2.87. The van der Waals surface area contributed by atoms with Gasteiger partial charge in [-0.1, -0.05) is 25.1 Å². The summed E-state index contributed by atoms with van der Waals surface area (Å²) in [5.74, 6) is 2.27. The van der Waals surface area contributed by atoms with Crippen molar-refractivity contribution in [1.82, 2.24) is 5.32 Å². The van der Waals surface area contributed by atoms with Crippen LogP contribution in [0.4, 0.5) is 0 Å². The van der Waals surface area contributed by atoms with Gasteiger partial charge in [-0.05, 0) is 30.4 Å². The molecule has 0 radical (unpaired) electrons. The molecule has 1 N–H and O–H groups in total. The van der Waals surface area contributed by atoms with E-state index in [1.54, 1.807) is 11.8 Å². The summed E-state index contributed by atoms with van der Waals surface area (Å²) < 4.78 is 0. The predicted octanol–water partition coefficient (Wildman–Crippen LogP) is 3.65. The van der Waals surface area contributed by atoms with E-state index in [0.29, 0.717) is 11.8 Å². The van der Waals surface area contributed by atoms with Crippen molar-refractivity contribution in [3.05, 3.63) is 29.8 Å². The SMILES string of the molecule is CC(CCl)CCCNC(=O)C1CSc2ccccc21. The lowest BCUT2D eigenvalue weighted by atomic mass is 10.0. The lowest BCUT2D eigenvalue weighted by Gasteiger charge is -2.12. The topological polar surface area (TPSA) is 29.1 Å². The number of amides is 1. The van der Waals surface area contributed by atoms with Crippen LogP contribution in [-0.4, -0.2) is 24.1 Å². The minimum Gasteiger partial charge on any atom is -0.356 e. The van der Waals surface area contributed by atoms with Gasteiger partial charge in [-0.25, -0.2) is 0 Å². The molecule has 0 saturated heterocycles. The van der Waals surface area contributed by atoms with Crippen molar-refractivity contribution in [3.63, 3.8) is 0 Å². The van der Waals surface area contributed by atoms with Crippen LogP contribution in [0.2, 0.25) is 0 Å². The minimum atomic E-state index is 0.0200. The Labute approximate surface area is 124 Å². The Kier molecular flexibility index (Phi) is 5.59. The van der Waals surface area contributed by atoms with Crippen molar-refractivity contribution in [1.29, 1.82) is 0 Å². The lowest BCUT2D eigenvalue weighted by Crippen LogP contribution is -2.30. The average molecular weight is 298 g/mol. The van der Waals surface area contributed by atoms with Crippen molar-refractivity contribution in [2.24, 2.45) is 5.92 Å². The molecule has 2 unspecified atom stereocenters. The smallest absolute Gasteiger partial charge is 0.228 e. The van der Waals surface area contributed by atoms with Gasteiger partial charge in [0.25, 0.3) is 0 Å². The molecular weight excluding hydrogens is 278 g/mol. The first kappa shape index (κ1) is 14.7. The number of carbonyl (C=O) groups excluding carboxylic acids is 1. The molecule has 2 rings (SSSR count). The molecule has 0 fully saturated rings. The fraction of sp³-hybridized carbons (Fsp3) is 0.533. The van der Waals surface area contributed by atoms with E-state index in [2.05, 4.69) is 24.4 Å². The molecule has 4 heteroatoms. The number of halogens is 1. The summed E-state index contributed by atoms with van der Waals surface area (Å²) in [7, 11) is 0. The molecule has 0 saturated carbocycles. The van der Waals surface area contributed by atoms with Gasteiger partial charge in [-0.3, -0.25) is 4.79 Å². The minimum absolute atomic E-state index is 0.0200. The number of nitrogens with one attached hydrogen (secondary N) is 1. The molecule has 0 bridgehead atoms. The highest BCUT2D eigenvalue weighted by Crippen LogP contribution is 2.39. The van der Waals surface area contributed by atoms with Gasteiger partial charge < -0.3 is 5.32 Å². The van der Waals surface area contributed by atoms with Gasteiger partial charge in [0.1, 0.15) is 0 Å². The van der Waals surface area contributed by atoms with Crippen LogP contribution < -0.4 is 5.32 Å². The van der Waals surface area contributed by atoms with E-state index in [9.17, 15) is 4.79 Å². The third-order valence-electron chi connectivity index (χ3n) is 3.45. The molecule has 1 aliphatic heterocycles. The molecule has 104 valence electrons. The van der Waals surface area contributed by atoms with E-state index in [-0.39, 0.29) is 11.8 Å². The highest BCUT2D eigenvalue weighted by Gasteiger charge is 2.28. The zero-order valence-corrected chi connectivity index (χ0v) is 12.8. The van der Waals surface area contributed by atoms with Crippen molar-refractivity contribution >= 4 is 29.3 Å². The maximum atomic E-state index is 12.2. The van der Waals surface area contributed by atoms with Crippen LogP contribution in [0.1, 0.15) is 31.2 Å². The Hall–Kier alpha value is -0.670. The number of hydrogen-bond donors (Lipinski definition) is 1. The highest BCUT2D eigenvalue weighted by molar-refractivity contribution is 7.99. The predicted molar refractivity (Wildman–Crippen MR) is 82.0 cm³/mol. The summed E-state index contributed by atoms with van der Waals surface area (Å²) in [6.07, 6.45) is 2.07. The number of fused-ring (bicyclic) bond motifs is 1. The first-order valence-corrected chi connectivity index (χ1v) is 8.29. The Morgan fingerprint density at radius 2 is 2.32 bits per heavy atom. The Balaban J connectivity index is 1.79. The molecule has 0 aromatic heterocycles. The number of hydrogen-bond acceptors (Lipinski definition) is 2. The molecule has 1 amide bonds. The van der Waals surface area contributed by atoms with Gasteiger partial charge in [-0.2, -0.15) is 0 Å². The molecule has 2 atom stereocenters. The first-order chi connectivity index (χ1) is 9.22. The first-order valence-electron chi connectivity index (χ1n) is 6.77. The van der Waals surface area contributed by atoms with Gasteiger partial charge in [0.2, 0.25) is 5.91 Å². The molecule has 19 heavy (non-hydrogen) atoms. The second kappa shape index (κ2) is 7.20. The van der Waals surface area contributed by atoms with E-state index >= 15 is 0 Å². The molecule has 0 aliphatic carbocycles. The van der Waals surface area contributed by atoms with E-state index in [4.69, 9.17) is 11.6 Å². The molecule has 1 aliphatic rings. The van der Waals surface area contributed by atoms with Crippen LogP contribution in [-0.2, 0) is 4.79 Å². The summed E-state index contributed by atoms with van der Waals surface area (Å²) in [5.41, 5.74) is 1.18. The van der Waals surface area contributed by atoms with Crippen LogP contribution in [0, 0.1) is 5.92 Å². The maximum Gasteiger partial charge on any atom is 0.228 e. The number of thioether (sulfide) groups is 1. The van der Waals surface area contributed by atoms with Crippen molar-refractivity contribution < 1.29 is 4.79 Å². The quantitative estimate of drug-likeness (QED) is 0.641. The molecular formula is C15H20ClNOS. The molecule has 1 aromatic rings. The van der Waals surface area contributed by atoms with Gasteiger partial charge >= 0.3 is 0 Å². The monoisotopic (exact) mass is 297 g/mol. The number of carbonyl (C=O) groups is 1. The zero-order valence-electron chi connectivity index (χ0n) is 11.2. The van der Waals surface area contributed by atoms with Crippen LogP contribution in [0.3, 0.4) is 0 Å². The Morgan fingerprint density at radius 3 is 3.11 bits per heavy atom. The van der Waals surface area contributed by atoms with E-state index in [0.717, 1.165) is 25.1 Å². The van der Waals surface area contributed by atoms with Crippen molar-refractivity contribution in [3.8, 4) is 0 Å². The summed E-state index contributed by atoms with van der Waals surface area (Å²) in [4.78, 5) is 13.4. The second-order valence-electron chi connectivity index (χ2n) is 5.09. The van der Waals surface area contributed by atoms with Crippen molar-refractivity contribution in [2.75, 3.05) is 18.2 Å². The summed E-state index contributed by atoms with van der Waals surface area (Å²) >= 11 is 7.54. The van der Waals surface area contributed by atoms with E-state index < -0.39 is 0 Å². The third kappa shape index (κ3) is 3.90. The molecule has 1 aromatic carbocycles. The van der Waals surface area contributed by atoms with E-state index in [1.807, 2.05) is 12.1 Å². The number of rotatable bonds is 6. The second-order valence-corrected chi connectivity index (χ2v) is 6.46. The molecule has 2 nitrogen and oxygen atoms in total. The summed E-state index contributed by atoms with van der Waals surface area (Å²) in [5, 5.41) is 3.05. The van der Waals surface area contributed by atoms with Crippen LogP contribution in [0.15, 0.2) is 29.2 Å². The van der Waals surface area contributed by atoms with Crippen molar-refractivity contribution in [2.45, 2.75) is 30.6 Å². The number of alkyl halides is 1. The maximum absolute atomic E-state index is 12.2. The summed E-state index contributed by atoms with van der Waals surface area (Å²) in [6, 6.07) is 8.19. The third-order valence-corrected chi connectivity index (χ3v) is 5.16. The van der Waals surface area contributed by atoms with Gasteiger partial charge in [-0.15, -0.1) is 23.4 Å². The Morgan fingerprint density at radius 1 is 1.53 bits per heavy atom. The fourth-order valence-corrected chi connectivity index (χ4v) is 3.63. The van der Waals surface area contributed by atoms with Gasteiger partial charge in [0, 0.05) is 23.1 Å². The van der Waals surface area contributed by atoms with Crippen LogP contribution in [0.25, 0.3) is 0 Å². The normalized spacial score (nSPS) is 18.9. The largest absolute Gasteiger partial charge is 0.356 e.